The number of amides is 1. The number of halogens is 3. The van der Waals surface area contributed by atoms with Crippen LogP contribution in [0.1, 0.15) is 23.9 Å². The maximum Gasteiger partial charge on any atom is 0.253 e. The molecule has 0 saturated heterocycles. The average Bonchev–Trinajstić information content (AvgIpc) is 2.97. The number of carbonyl (C=O) groups excluding carboxylic acids is 1. The molecule has 1 aromatic heterocycles. The van der Waals surface area contributed by atoms with Crippen LogP contribution in [-0.4, -0.2) is 21.9 Å². The number of aryl methyl sites for hydroxylation is 1. The highest BCUT2D eigenvalue weighted by molar-refractivity contribution is 8.00. The Kier molecular flexibility index (Phi) is 7.53. The fourth-order valence-corrected chi connectivity index (χ4v) is 4.46. The number of hydrogen-bond donors (Lipinski definition) is 1. The number of nitrogens with zero attached hydrogens (tertiary/aromatic N) is 2. The first kappa shape index (κ1) is 22.8. The molecule has 2 aromatic carbocycles. The van der Waals surface area contributed by atoms with Crippen molar-refractivity contribution in [1.29, 1.82) is 0 Å². The molecule has 0 unspecified atom stereocenters. The Balaban J connectivity index is 1.69. The summed E-state index contributed by atoms with van der Waals surface area (Å²) >= 11 is 19.7. The third-order valence-electron chi connectivity index (χ3n) is 4.50. The summed E-state index contributed by atoms with van der Waals surface area (Å²) in [4.78, 5) is 13.3. The summed E-state index contributed by atoms with van der Waals surface area (Å²) in [5, 5.41) is 5.65. The van der Waals surface area contributed by atoms with E-state index in [1.807, 2.05) is 49.6 Å². The van der Waals surface area contributed by atoms with E-state index in [2.05, 4.69) is 10.5 Å². The fraction of sp³-hybridized carbons (Fsp3) is 0.182. The molecule has 0 aliphatic rings. The lowest BCUT2D eigenvalue weighted by Crippen LogP contribution is -2.26. The molecule has 1 amide bonds. The van der Waals surface area contributed by atoms with Gasteiger partial charge in [0.05, 0.1) is 22.2 Å². The van der Waals surface area contributed by atoms with Gasteiger partial charge in [0.15, 0.2) is 0 Å². The first-order valence-corrected chi connectivity index (χ1v) is 11.2. The molecule has 0 radical (unpaired) electrons. The van der Waals surface area contributed by atoms with Crippen molar-refractivity contribution in [3.8, 4) is 5.69 Å². The summed E-state index contributed by atoms with van der Waals surface area (Å²) in [6, 6.07) is 14.8. The summed E-state index contributed by atoms with van der Waals surface area (Å²) in [6.45, 7) is 5.79. The lowest BCUT2D eigenvalue weighted by molar-refractivity contribution is -0.120. The molecular weight excluding hydrogens is 461 g/mol. The molecule has 156 valence electrons. The van der Waals surface area contributed by atoms with E-state index in [1.54, 1.807) is 30.5 Å². The topological polar surface area (TPSA) is 46.4 Å². The highest BCUT2D eigenvalue weighted by atomic mass is 35.5. The molecule has 0 saturated carbocycles. The van der Waals surface area contributed by atoms with Crippen molar-refractivity contribution in [2.75, 3.05) is 0 Å². The van der Waals surface area contributed by atoms with Crippen LogP contribution in [0.2, 0.25) is 15.1 Å². The molecule has 0 fully saturated rings. The van der Waals surface area contributed by atoms with E-state index >= 15 is 0 Å². The van der Waals surface area contributed by atoms with Crippen LogP contribution in [-0.2, 0) is 4.79 Å². The van der Waals surface area contributed by atoms with Crippen LogP contribution >= 0.6 is 46.6 Å². The molecule has 1 N–H and O–H groups in total. The van der Waals surface area contributed by atoms with E-state index in [4.69, 9.17) is 34.8 Å². The normalized spacial score (nSPS) is 12.3. The summed E-state index contributed by atoms with van der Waals surface area (Å²) in [5.74, 6) is -0.180. The standard InChI is InChI=1S/C22H20Cl3N3OS/c1-13-10-16(14(2)28(13)21-9-6-18(24)11-20(21)25)12-26-27-22(29)15(3)30-19-7-4-17(23)5-8-19/h4-12,15H,1-3H3,(H,27,29)/b26-12-/t15-/m0/s1. The van der Waals surface area contributed by atoms with Crippen LogP contribution in [0, 0.1) is 13.8 Å². The van der Waals surface area contributed by atoms with Gasteiger partial charge in [0, 0.05) is 31.9 Å². The number of hydrazone groups is 1. The zero-order valence-electron chi connectivity index (χ0n) is 16.6. The second-order valence-corrected chi connectivity index (χ2v) is 9.40. The summed E-state index contributed by atoms with van der Waals surface area (Å²) in [7, 11) is 0. The Morgan fingerprint density at radius 2 is 1.73 bits per heavy atom. The van der Waals surface area contributed by atoms with E-state index < -0.39 is 0 Å². The Labute approximate surface area is 195 Å². The van der Waals surface area contributed by atoms with Gasteiger partial charge in [0.2, 0.25) is 0 Å². The third-order valence-corrected chi connectivity index (χ3v) is 6.40. The first-order chi connectivity index (χ1) is 14.3. The van der Waals surface area contributed by atoms with Crippen LogP contribution in [0.5, 0.6) is 0 Å². The minimum absolute atomic E-state index is 0.180. The van der Waals surface area contributed by atoms with Gasteiger partial charge in [-0.05, 0) is 69.3 Å². The van der Waals surface area contributed by atoms with Gasteiger partial charge < -0.3 is 4.57 Å². The van der Waals surface area contributed by atoms with Crippen molar-refractivity contribution in [3.05, 3.63) is 80.6 Å². The van der Waals surface area contributed by atoms with Gasteiger partial charge in [-0.25, -0.2) is 5.43 Å². The van der Waals surface area contributed by atoms with Crippen molar-refractivity contribution in [2.24, 2.45) is 5.10 Å². The third kappa shape index (κ3) is 5.41. The highest BCUT2D eigenvalue weighted by Crippen LogP contribution is 2.28. The van der Waals surface area contributed by atoms with Crippen LogP contribution in [0.25, 0.3) is 5.69 Å². The van der Waals surface area contributed by atoms with Gasteiger partial charge in [0.1, 0.15) is 0 Å². The van der Waals surface area contributed by atoms with Crippen LogP contribution in [0.3, 0.4) is 0 Å². The lowest BCUT2D eigenvalue weighted by Gasteiger charge is -2.12. The minimum Gasteiger partial charge on any atom is -0.316 e. The Bertz CT molecular complexity index is 1090. The second kappa shape index (κ2) is 9.92. The summed E-state index contributed by atoms with van der Waals surface area (Å²) < 4.78 is 2.03. The molecule has 3 aromatic rings. The number of nitrogens with one attached hydrogen (secondary N) is 1. The average molecular weight is 481 g/mol. The Morgan fingerprint density at radius 3 is 2.40 bits per heavy atom. The Hall–Kier alpha value is -1.92. The number of rotatable bonds is 6. The molecule has 30 heavy (non-hydrogen) atoms. The van der Waals surface area contributed by atoms with Crippen LogP contribution < -0.4 is 5.43 Å². The number of aromatic nitrogens is 1. The van der Waals surface area contributed by atoms with Gasteiger partial charge in [-0.2, -0.15) is 5.10 Å². The maximum atomic E-state index is 12.4. The highest BCUT2D eigenvalue weighted by Gasteiger charge is 2.15. The van der Waals surface area contributed by atoms with E-state index in [0.717, 1.165) is 27.5 Å². The number of thioether (sulfide) groups is 1. The fourth-order valence-electron chi connectivity index (χ4n) is 2.98. The number of benzene rings is 2. The first-order valence-electron chi connectivity index (χ1n) is 9.15. The molecule has 3 rings (SSSR count). The van der Waals surface area contributed by atoms with E-state index in [9.17, 15) is 4.79 Å². The quantitative estimate of drug-likeness (QED) is 0.243. The molecule has 0 bridgehead atoms. The zero-order chi connectivity index (χ0) is 21.8. The molecule has 4 nitrogen and oxygen atoms in total. The molecule has 0 spiro atoms. The molecule has 0 aliphatic heterocycles. The summed E-state index contributed by atoms with van der Waals surface area (Å²) in [6.07, 6.45) is 1.64. The molecular formula is C22H20Cl3N3OS. The monoisotopic (exact) mass is 479 g/mol. The SMILES string of the molecule is Cc1cc(/C=N\NC(=O)[C@H](C)Sc2ccc(Cl)cc2)c(C)n1-c1ccc(Cl)cc1Cl. The van der Waals surface area contributed by atoms with E-state index in [0.29, 0.717) is 15.1 Å². The molecule has 1 atom stereocenters. The second-order valence-electron chi connectivity index (χ2n) is 6.71. The van der Waals surface area contributed by atoms with Crippen LogP contribution in [0.15, 0.2) is 58.5 Å². The van der Waals surface area contributed by atoms with Gasteiger partial charge >= 0.3 is 0 Å². The predicted octanol–water partition coefficient (Wildman–Crippen LogP) is 6.69. The number of carbonyl (C=O) groups is 1. The lowest BCUT2D eigenvalue weighted by atomic mass is 10.2. The summed E-state index contributed by atoms with van der Waals surface area (Å²) in [5.41, 5.74) is 6.29. The van der Waals surface area contributed by atoms with E-state index in [-0.39, 0.29) is 11.2 Å². The maximum absolute atomic E-state index is 12.4. The van der Waals surface area contributed by atoms with E-state index in [1.165, 1.54) is 11.8 Å². The van der Waals surface area contributed by atoms with Crippen molar-refractivity contribution in [3.63, 3.8) is 0 Å². The Morgan fingerprint density at radius 1 is 1.07 bits per heavy atom. The molecule has 8 heteroatoms. The van der Waals surface area contributed by atoms with Gasteiger partial charge in [-0.3, -0.25) is 4.79 Å². The minimum atomic E-state index is -0.302. The van der Waals surface area contributed by atoms with Crippen molar-refractivity contribution in [2.45, 2.75) is 30.9 Å². The number of hydrogen-bond acceptors (Lipinski definition) is 3. The van der Waals surface area contributed by atoms with Gasteiger partial charge in [-0.1, -0.05) is 34.8 Å². The van der Waals surface area contributed by atoms with Gasteiger partial charge in [-0.15, -0.1) is 11.8 Å². The molecule has 0 aliphatic carbocycles. The molecule has 1 heterocycles. The smallest absolute Gasteiger partial charge is 0.253 e. The van der Waals surface area contributed by atoms with Crippen molar-refractivity contribution in [1.82, 2.24) is 9.99 Å². The van der Waals surface area contributed by atoms with Crippen LogP contribution in [0.4, 0.5) is 0 Å². The van der Waals surface area contributed by atoms with Gasteiger partial charge in [0.25, 0.3) is 5.91 Å². The predicted molar refractivity (Wildman–Crippen MR) is 128 cm³/mol. The van der Waals surface area contributed by atoms with Crippen molar-refractivity contribution < 1.29 is 4.79 Å². The largest absolute Gasteiger partial charge is 0.316 e. The van der Waals surface area contributed by atoms with Crippen molar-refractivity contribution >= 4 is 58.7 Å². The zero-order valence-corrected chi connectivity index (χ0v) is 19.7.